The average molecular weight is 549 g/mol. The van der Waals surface area contributed by atoms with Crippen LogP contribution in [0.1, 0.15) is 21.5 Å². The molecule has 0 bridgehead atoms. The summed E-state index contributed by atoms with van der Waals surface area (Å²) >= 11 is 15.7. The second kappa shape index (κ2) is 10.4. The summed E-state index contributed by atoms with van der Waals surface area (Å²) in [4.78, 5) is 12.6. The fraction of sp³-hybridized carbons (Fsp3) is 0.0833. The molecule has 0 aliphatic carbocycles. The fourth-order valence-corrected chi connectivity index (χ4v) is 3.88. The number of hydrogen-bond acceptors (Lipinski definition) is 3. The standard InChI is InChI=1S/C24H17BrCl2FN3O2/c25-18-4-1-2-7-22(18)33-14-15-8-10-16(11-9-15)24(32)29-23-20(27)13-31(30-23)12-17-19(26)5-3-6-21(17)28/h1-11,13H,12,14H2,(H,29,30,32). The van der Waals surface area contributed by atoms with Crippen LogP contribution < -0.4 is 10.1 Å². The van der Waals surface area contributed by atoms with Crippen molar-refractivity contribution in [1.82, 2.24) is 9.78 Å². The van der Waals surface area contributed by atoms with Crippen LogP contribution in [-0.4, -0.2) is 15.7 Å². The second-order valence-corrected chi connectivity index (χ2v) is 8.76. The average Bonchev–Trinajstić information content (AvgIpc) is 3.15. The minimum atomic E-state index is -0.441. The van der Waals surface area contributed by atoms with Crippen LogP contribution in [0.25, 0.3) is 0 Å². The number of benzene rings is 3. The number of para-hydroxylation sites is 1. The maximum absolute atomic E-state index is 14.0. The number of hydrogen-bond donors (Lipinski definition) is 1. The Bertz CT molecular complexity index is 1280. The van der Waals surface area contributed by atoms with E-state index in [1.807, 2.05) is 36.4 Å². The number of anilines is 1. The van der Waals surface area contributed by atoms with Crippen molar-refractivity contribution in [1.29, 1.82) is 0 Å². The van der Waals surface area contributed by atoms with E-state index in [1.165, 1.54) is 23.0 Å². The van der Waals surface area contributed by atoms with Gasteiger partial charge in [-0.15, -0.1) is 0 Å². The first-order valence-electron chi connectivity index (χ1n) is 9.84. The molecule has 0 fully saturated rings. The highest BCUT2D eigenvalue weighted by molar-refractivity contribution is 9.10. The molecule has 0 atom stereocenters. The molecule has 3 aromatic carbocycles. The monoisotopic (exact) mass is 547 g/mol. The number of carbonyl (C=O) groups excluding carboxylic acids is 1. The molecule has 1 N–H and O–H groups in total. The molecule has 0 radical (unpaired) electrons. The van der Waals surface area contributed by atoms with Crippen molar-refractivity contribution in [3.63, 3.8) is 0 Å². The summed E-state index contributed by atoms with van der Waals surface area (Å²) in [6, 6.07) is 19.0. The summed E-state index contributed by atoms with van der Waals surface area (Å²) in [5.74, 6) is 0.101. The van der Waals surface area contributed by atoms with Gasteiger partial charge in [0.15, 0.2) is 5.82 Å². The van der Waals surface area contributed by atoms with Crippen molar-refractivity contribution in [2.45, 2.75) is 13.2 Å². The van der Waals surface area contributed by atoms with Gasteiger partial charge in [-0.1, -0.05) is 53.5 Å². The maximum Gasteiger partial charge on any atom is 0.256 e. The predicted molar refractivity (Wildman–Crippen MR) is 131 cm³/mol. The lowest BCUT2D eigenvalue weighted by Gasteiger charge is -2.09. The lowest BCUT2D eigenvalue weighted by atomic mass is 10.1. The van der Waals surface area contributed by atoms with E-state index in [1.54, 1.807) is 18.2 Å². The van der Waals surface area contributed by atoms with Gasteiger partial charge in [0.1, 0.15) is 23.2 Å². The Labute approximate surface area is 208 Å². The van der Waals surface area contributed by atoms with Gasteiger partial charge in [-0.3, -0.25) is 9.48 Å². The molecule has 0 saturated heterocycles. The topological polar surface area (TPSA) is 56.2 Å². The van der Waals surface area contributed by atoms with Crippen LogP contribution in [0.15, 0.2) is 77.4 Å². The number of amides is 1. The molecule has 0 spiro atoms. The van der Waals surface area contributed by atoms with E-state index in [4.69, 9.17) is 27.9 Å². The van der Waals surface area contributed by atoms with E-state index in [2.05, 4.69) is 26.3 Å². The normalized spacial score (nSPS) is 10.8. The predicted octanol–water partition coefficient (Wildman–Crippen LogP) is 6.97. The van der Waals surface area contributed by atoms with Crippen molar-refractivity contribution in [2.24, 2.45) is 0 Å². The summed E-state index contributed by atoms with van der Waals surface area (Å²) in [7, 11) is 0. The molecule has 0 unspecified atom stereocenters. The highest BCUT2D eigenvalue weighted by Crippen LogP contribution is 2.26. The summed E-state index contributed by atoms with van der Waals surface area (Å²) in [6.45, 7) is 0.437. The Balaban J connectivity index is 1.39. The lowest BCUT2D eigenvalue weighted by molar-refractivity contribution is 0.102. The first-order chi connectivity index (χ1) is 15.9. The summed E-state index contributed by atoms with van der Waals surface area (Å²) in [5.41, 5.74) is 1.63. The number of carbonyl (C=O) groups is 1. The van der Waals surface area contributed by atoms with E-state index in [0.717, 1.165) is 15.8 Å². The quantitative estimate of drug-likeness (QED) is 0.271. The molecule has 4 aromatic rings. The van der Waals surface area contributed by atoms with Crippen molar-refractivity contribution < 1.29 is 13.9 Å². The minimum Gasteiger partial charge on any atom is -0.488 e. The molecule has 4 rings (SSSR count). The van der Waals surface area contributed by atoms with Gasteiger partial charge < -0.3 is 10.1 Å². The molecule has 9 heteroatoms. The Morgan fingerprint density at radius 1 is 1.03 bits per heavy atom. The summed E-state index contributed by atoms with van der Waals surface area (Å²) in [6.07, 6.45) is 1.50. The Morgan fingerprint density at radius 2 is 1.79 bits per heavy atom. The zero-order valence-electron chi connectivity index (χ0n) is 17.1. The Kier molecular flexibility index (Phi) is 7.33. The third kappa shape index (κ3) is 5.74. The number of nitrogens with one attached hydrogen (secondary N) is 1. The largest absolute Gasteiger partial charge is 0.488 e. The van der Waals surface area contributed by atoms with Crippen LogP contribution >= 0.6 is 39.1 Å². The van der Waals surface area contributed by atoms with E-state index in [9.17, 15) is 9.18 Å². The SMILES string of the molecule is O=C(Nc1nn(Cc2c(F)cccc2Cl)cc1Cl)c1ccc(COc2ccccc2Br)cc1. The maximum atomic E-state index is 14.0. The molecular formula is C24H17BrCl2FN3O2. The van der Waals surface area contributed by atoms with E-state index < -0.39 is 5.82 Å². The fourth-order valence-electron chi connectivity index (χ4n) is 3.06. The molecule has 168 valence electrons. The zero-order valence-corrected chi connectivity index (χ0v) is 20.2. The number of ether oxygens (including phenoxy) is 1. The highest BCUT2D eigenvalue weighted by Gasteiger charge is 2.15. The zero-order chi connectivity index (χ0) is 23.4. The van der Waals surface area contributed by atoms with Crippen LogP contribution in [-0.2, 0) is 13.2 Å². The van der Waals surface area contributed by atoms with Crippen LogP contribution in [0.2, 0.25) is 10.0 Å². The van der Waals surface area contributed by atoms with Gasteiger partial charge in [0.2, 0.25) is 0 Å². The molecule has 0 aliphatic heterocycles. The first-order valence-corrected chi connectivity index (χ1v) is 11.4. The van der Waals surface area contributed by atoms with Gasteiger partial charge in [-0.25, -0.2) is 4.39 Å². The van der Waals surface area contributed by atoms with Crippen molar-refractivity contribution in [2.75, 3.05) is 5.32 Å². The van der Waals surface area contributed by atoms with Crippen LogP contribution in [0.4, 0.5) is 10.2 Å². The smallest absolute Gasteiger partial charge is 0.256 e. The lowest BCUT2D eigenvalue weighted by Crippen LogP contribution is -2.13. The van der Waals surface area contributed by atoms with Gasteiger partial charge in [-0.05, 0) is 57.9 Å². The van der Waals surface area contributed by atoms with Gasteiger partial charge in [0.25, 0.3) is 5.91 Å². The molecule has 1 aromatic heterocycles. The van der Waals surface area contributed by atoms with Crippen molar-refractivity contribution >= 4 is 50.9 Å². The number of halogens is 4. The summed E-state index contributed by atoms with van der Waals surface area (Å²) in [5, 5.41) is 7.44. The molecule has 1 heterocycles. The minimum absolute atomic E-state index is 0.0767. The van der Waals surface area contributed by atoms with Crippen molar-refractivity contribution in [3.05, 3.63) is 110 Å². The van der Waals surface area contributed by atoms with E-state index >= 15 is 0 Å². The third-order valence-electron chi connectivity index (χ3n) is 4.78. The Morgan fingerprint density at radius 3 is 2.52 bits per heavy atom. The van der Waals surface area contributed by atoms with Gasteiger partial charge >= 0.3 is 0 Å². The molecule has 5 nitrogen and oxygen atoms in total. The number of aromatic nitrogens is 2. The number of nitrogens with zero attached hydrogens (tertiary/aromatic N) is 2. The second-order valence-electron chi connectivity index (χ2n) is 7.09. The molecule has 0 saturated carbocycles. The molecule has 33 heavy (non-hydrogen) atoms. The molecule has 0 aliphatic rings. The van der Waals surface area contributed by atoms with E-state index in [-0.39, 0.29) is 33.9 Å². The Hall–Kier alpha value is -2.87. The number of rotatable bonds is 7. The van der Waals surface area contributed by atoms with Crippen LogP contribution in [0.5, 0.6) is 5.75 Å². The van der Waals surface area contributed by atoms with Gasteiger partial charge in [-0.2, -0.15) is 5.10 Å². The molecule has 1 amide bonds. The van der Waals surface area contributed by atoms with E-state index in [0.29, 0.717) is 12.2 Å². The molecular weight excluding hydrogens is 532 g/mol. The summed E-state index contributed by atoms with van der Waals surface area (Å²) < 4.78 is 22.1. The third-order valence-corrected chi connectivity index (χ3v) is 6.06. The van der Waals surface area contributed by atoms with Gasteiger partial charge in [0.05, 0.1) is 11.0 Å². The first kappa shape index (κ1) is 23.3. The van der Waals surface area contributed by atoms with Crippen LogP contribution in [0, 0.1) is 5.82 Å². The van der Waals surface area contributed by atoms with Crippen LogP contribution in [0.3, 0.4) is 0 Å². The van der Waals surface area contributed by atoms with Crippen molar-refractivity contribution in [3.8, 4) is 5.75 Å². The highest BCUT2D eigenvalue weighted by atomic mass is 79.9. The van der Waals surface area contributed by atoms with Gasteiger partial charge in [0, 0.05) is 22.3 Å².